The van der Waals surface area contributed by atoms with Crippen molar-refractivity contribution in [2.45, 2.75) is 69.9 Å². The second-order valence-electron chi connectivity index (χ2n) is 12.7. The van der Waals surface area contributed by atoms with Crippen molar-refractivity contribution in [1.82, 2.24) is 20.6 Å². The maximum atomic E-state index is 13.0. The van der Waals surface area contributed by atoms with E-state index in [0.29, 0.717) is 11.4 Å². The highest BCUT2D eigenvalue weighted by Gasteiger charge is 2.32. The summed E-state index contributed by atoms with van der Waals surface area (Å²) in [6.45, 7) is 1.50. The number of halogens is 7. The Labute approximate surface area is 309 Å². The van der Waals surface area contributed by atoms with Gasteiger partial charge in [0.25, 0.3) is 0 Å². The first kappa shape index (κ1) is 37.9. The molecule has 4 N–H and O–H groups in total. The highest BCUT2D eigenvalue weighted by molar-refractivity contribution is 9.10. The Morgan fingerprint density at radius 1 is 0.660 bits per heavy atom. The number of benzene rings is 4. The van der Waals surface area contributed by atoms with Crippen LogP contribution in [0, 0.1) is 5.82 Å². The average Bonchev–Trinajstić information content (AvgIpc) is 3.66. The summed E-state index contributed by atoms with van der Waals surface area (Å²) in [6.07, 6.45) is 1.91. The van der Waals surface area contributed by atoms with E-state index in [4.69, 9.17) is 0 Å². The van der Waals surface area contributed by atoms with Crippen LogP contribution < -0.4 is 10.6 Å². The van der Waals surface area contributed by atoms with Crippen LogP contribution in [0.3, 0.4) is 0 Å². The number of aryl methyl sites for hydroxylation is 2. The van der Waals surface area contributed by atoms with Crippen molar-refractivity contribution in [3.8, 4) is 0 Å². The molecule has 2 heterocycles. The third kappa shape index (κ3) is 8.40. The molecule has 2 aromatic heterocycles. The zero-order valence-electron chi connectivity index (χ0n) is 27.2. The number of aromatic nitrogens is 2. The number of hydrogen-bond acceptors (Lipinski definition) is 2. The van der Waals surface area contributed by atoms with Crippen LogP contribution >= 0.6 is 40.7 Å². The van der Waals surface area contributed by atoms with Gasteiger partial charge in [0.1, 0.15) is 5.82 Å². The minimum atomic E-state index is -4.31. The maximum absolute atomic E-state index is 13.0. The summed E-state index contributed by atoms with van der Waals surface area (Å²) < 4.78 is 53.2. The monoisotopic (exact) mass is 788 g/mol. The van der Waals surface area contributed by atoms with Crippen LogP contribution in [-0.4, -0.2) is 9.97 Å². The Balaban J connectivity index is 0.000000187. The number of alkyl halides is 3. The number of rotatable bonds is 6. The van der Waals surface area contributed by atoms with Gasteiger partial charge in [0, 0.05) is 62.8 Å². The molecule has 4 nitrogen and oxygen atoms in total. The normalized spacial score (nSPS) is 16.8. The predicted molar refractivity (Wildman–Crippen MR) is 202 cm³/mol. The number of hydrogen-bond donors (Lipinski definition) is 4. The van der Waals surface area contributed by atoms with Crippen molar-refractivity contribution in [3.63, 3.8) is 0 Å². The lowest BCUT2D eigenvalue weighted by Gasteiger charge is -2.24. The summed E-state index contributed by atoms with van der Waals surface area (Å²) in [4.78, 5) is 6.95. The van der Waals surface area contributed by atoms with Crippen molar-refractivity contribution in [1.29, 1.82) is 0 Å². The highest BCUT2D eigenvalue weighted by atomic mass is 79.9. The van der Waals surface area contributed by atoms with Crippen LogP contribution in [0.5, 0.6) is 0 Å². The number of nitrogens with one attached hydrogen (secondary N) is 4. The highest BCUT2D eigenvalue weighted by Crippen LogP contribution is 2.39. The molecule has 2 atom stereocenters. The molecule has 0 saturated heterocycles. The minimum absolute atomic E-state index is 0. The molecule has 2 aliphatic carbocycles. The standard InChI is InChI=1S/C20H19F3N2.C19H18BrFN2.2ClH/c21-20(22,23)14-9-10-17-16(11-14)15-7-4-8-18(19(15)25-17)24-12-13-5-2-1-3-6-13;20-13-6-9-17-16(10-13)15-2-1-3-18(19(15)23-17)22-11-12-4-7-14(21)8-5-12;;/h1-3,5-6,9-11,18,24-25H,4,7-8,12H2;4-10,18,22-23H,1-3,11H2;2*1H. The molecule has 0 spiro atoms. The van der Waals surface area contributed by atoms with Gasteiger partial charge in [0.05, 0.1) is 5.56 Å². The van der Waals surface area contributed by atoms with Gasteiger partial charge < -0.3 is 20.6 Å². The Morgan fingerprint density at radius 3 is 1.74 bits per heavy atom. The first-order valence-corrected chi connectivity index (χ1v) is 17.3. The molecule has 2 unspecified atom stereocenters. The van der Waals surface area contributed by atoms with Crippen LogP contribution in [0.1, 0.15) is 77.0 Å². The van der Waals surface area contributed by atoms with Crippen molar-refractivity contribution >= 4 is 62.5 Å². The molecule has 8 rings (SSSR count). The summed E-state index contributed by atoms with van der Waals surface area (Å²) in [7, 11) is 0. The fourth-order valence-electron chi connectivity index (χ4n) is 7.16. The molecule has 264 valence electrons. The number of aromatic amines is 2. The van der Waals surface area contributed by atoms with Gasteiger partial charge in [0.2, 0.25) is 0 Å². The first-order valence-electron chi connectivity index (χ1n) is 16.5. The smallest absolute Gasteiger partial charge is 0.357 e. The molecule has 11 heteroatoms. The molecular weight excluding hydrogens is 751 g/mol. The second-order valence-corrected chi connectivity index (χ2v) is 13.7. The summed E-state index contributed by atoms with van der Waals surface area (Å²) in [6, 6.07) is 27.7. The van der Waals surface area contributed by atoms with Crippen molar-refractivity contribution in [3.05, 3.63) is 140 Å². The third-order valence-electron chi connectivity index (χ3n) is 9.56. The molecule has 50 heavy (non-hydrogen) atoms. The quantitative estimate of drug-likeness (QED) is 0.127. The largest absolute Gasteiger partial charge is 0.416 e. The molecule has 0 saturated carbocycles. The Hall–Kier alpha value is -3.34. The predicted octanol–water partition coefficient (Wildman–Crippen LogP) is 11.4. The van der Waals surface area contributed by atoms with E-state index in [1.54, 1.807) is 6.07 Å². The molecular formula is C39H39BrCl2F4N4. The van der Waals surface area contributed by atoms with Gasteiger partial charge in [0.15, 0.2) is 0 Å². The van der Waals surface area contributed by atoms with Gasteiger partial charge >= 0.3 is 6.18 Å². The van der Waals surface area contributed by atoms with Gasteiger partial charge in [-0.15, -0.1) is 24.8 Å². The van der Waals surface area contributed by atoms with Gasteiger partial charge in [-0.2, -0.15) is 13.2 Å². The van der Waals surface area contributed by atoms with Crippen molar-refractivity contribution in [2.24, 2.45) is 0 Å². The van der Waals surface area contributed by atoms with E-state index < -0.39 is 11.7 Å². The Morgan fingerprint density at radius 2 is 1.18 bits per heavy atom. The molecule has 6 aromatic rings. The SMILES string of the molecule is Cl.Cl.FC(F)(F)c1ccc2[nH]c3c(c2c1)CCCC3NCc1ccccc1.Fc1ccc(CNC2CCCc3c2[nH]c2ccc(Br)cc32)cc1. The van der Waals surface area contributed by atoms with Crippen LogP contribution in [0.2, 0.25) is 0 Å². The Bertz CT molecular complexity index is 2030. The van der Waals surface area contributed by atoms with E-state index in [0.717, 1.165) is 78.1 Å². The van der Waals surface area contributed by atoms with Gasteiger partial charge in [-0.1, -0.05) is 58.4 Å². The average molecular weight is 791 g/mol. The summed E-state index contributed by atoms with van der Waals surface area (Å²) in [5.41, 5.74) is 8.52. The van der Waals surface area contributed by atoms with E-state index in [2.05, 4.69) is 66.9 Å². The lowest BCUT2D eigenvalue weighted by atomic mass is 9.91. The van der Waals surface area contributed by atoms with Crippen molar-refractivity contribution < 1.29 is 17.6 Å². The van der Waals surface area contributed by atoms with Crippen LogP contribution in [0.15, 0.2) is 95.5 Å². The van der Waals surface area contributed by atoms with E-state index in [-0.39, 0.29) is 36.7 Å². The van der Waals surface area contributed by atoms with Gasteiger partial charge in [-0.25, -0.2) is 4.39 Å². The van der Waals surface area contributed by atoms with E-state index in [9.17, 15) is 17.6 Å². The fraction of sp³-hybridized carbons (Fsp3) is 0.282. The molecule has 2 aliphatic rings. The van der Waals surface area contributed by atoms with Crippen LogP contribution in [0.4, 0.5) is 17.6 Å². The van der Waals surface area contributed by atoms with Gasteiger partial charge in [-0.05, 0) is 109 Å². The van der Waals surface area contributed by atoms with E-state index in [1.807, 2.05) is 30.3 Å². The Kier molecular flexibility index (Phi) is 12.4. The number of fused-ring (bicyclic) bond motifs is 6. The number of H-pyrrole nitrogens is 2. The van der Waals surface area contributed by atoms with E-state index >= 15 is 0 Å². The zero-order valence-corrected chi connectivity index (χ0v) is 30.4. The first-order chi connectivity index (χ1) is 23.2. The maximum Gasteiger partial charge on any atom is 0.416 e. The summed E-state index contributed by atoms with van der Waals surface area (Å²) in [5.74, 6) is -0.185. The molecule has 0 aliphatic heterocycles. The van der Waals surface area contributed by atoms with Crippen LogP contribution in [0.25, 0.3) is 21.8 Å². The fourth-order valence-corrected chi connectivity index (χ4v) is 7.52. The summed E-state index contributed by atoms with van der Waals surface area (Å²) >= 11 is 3.57. The molecule has 0 fully saturated rings. The lowest BCUT2D eigenvalue weighted by molar-refractivity contribution is -0.137. The zero-order chi connectivity index (χ0) is 33.3. The van der Waals surface area contributed by atoms with E-state index in [1.165, 1.54) is 52.3 Å². The minimum Gasteiger partial charge on any atom is -0.357 e. The third-order valence-corrected chi connectivity index (χ3v) is 10.1. The van der Waals surface area contributed by atoms with Gasteiger partial charge in [-0.3, -0.25) is 0 Å². The second kappa shape index (κ2) is 16.3. The molecule has 0 radical (unpaired) electrons. The lowest BCUT2D eigenvalue weighted by Crippen LogP contribution is -2.24. The topological polar surface area (TPSA) is 55.6 Å². The van der Waals surface area contributed by atoms with Crippen LogP contribution in [-0.2, 0) is 32.1 Å². The van der Waals surface area contributed by atoms with Crippen molar-refractivity contribution in [2.75, 3.05) is 0 Å². The molecule has 4 aromatic carbocycles. The molecule has 0 amide bonds. The summed E-state index contributed by atoms with van der Waals surface area (Å²) in [5, 5.41) is 9.20. The molecule has 0 bridgehead atoms.